The second kappa shape index (κ2) is 3.06. The van der Waals surface area contributed by atoms with Crippen LogP contribution in [0, 0.1) is 5.21 Å². The molecule has 0 aliphatic rings. The third-order valence-corrected chi connectivity index (χ3v) is 2.21. The second-order valence-electron chi connectivity index (χ2n) is 3.13. The Morgan fingerprint density at radius 1 is 1.43 bits per heavy atom. The molecular weight excluding hydrogens is 180 g/mol. The maximum Gasteiger partial charge on any atom is 0.264 e. The summed E-state index contributed by atoms with van der Waals surface area (Å²) in [4.78, 5) is 2.90. The van der Waals surface area contributed by atoms with E-state index in [0.29, 0.717) is 5.69 Å². The summed E-state index contributed by atoms with van der Waals surface area (Å²) in [5.41, 5.74) is 1.83. The number of hydrogen-bond acceptors (Lipinski definition) is 2. The van der Waals surface area contributed by atoms with Crippen molar-refractivity contribution in [3.63, 3.8) is 0 Å². The van der Waals surface area contributed by atoms with E-state index in [2.05, 4.69) is 4.98 Å². The fraction of sp³-hybridized carbons (Fsp3) is 0.100. The van der Waals surface area contributed by atoms with Crippen LogP contribution in [-0.2, 0) is 0 Å². The summed E-state index contributed by atoms with van der Waals surface area (Å²) in [5, 5.41) is 20.4. The van der Waals surface area contributed by atoms with Crippen molar-refractivity contribution >= 4 is 16.6 Å². The number of para-hydroxylation sites is 1. The lowest BCUT2D eigenvalue weighted by Crippen LogP contribution is -2.09. The third kappa shape index (κ3) is 1.31. The predicted molar refractivity (Wildman–Crippen MR) is 53.5 cm³/mol. The molecule has 0 aliphatic heterocycles. The van der Waals surface area contributed by atoms with Crippen LogP contribution in [-0.4, -0.2) is 20.8 Å². The van der Waals surface area contributed by atoms with Crippen LogP contribution in [0.3, 0.4) is 0 Å². The molecule has 0 bridgehead atoms. The van der Waals surface area contributed by atoms with Crippen molar-refractivity contribution in [2.75, 3.05) is 0 Å². The number of nitrogens with zero attached hydrogens (tertiary/aromatic N) is 1. The van der Waals surface area contributed by atoms with Crippen molar-refractivity contribution in [1.29, 1.82) is 0 Å². The molecule has 0 amide bonds. The van der Waals surface area contributed by atoms with Crippen LogP contribution in [0.5, 0.6) is 0 Å². The molecule has 4 nitrogen and oxygen atoms in total. The van der Waals surface area contributed by atoms with E-state index in [1.54, 1.807) is 6.92 Å². The Kier molecular flexibility index (Phi) is 1.89. The molecule has 2 N–H and O–H groups in total. The first-order valence-electron chi connectivity index (χ1n) is 4.26. The largest absolute Gasteiger partial charge is 0.417 e. The number of benzene rings is 1. The summed E-state index contributed by atoms with van der Waals surface area (Å²) in [5.74, 6) is 0. The van der Waals surface area contributed by atoms with Crippen LogP contribution in [0.2, 0.25) is 0 Å². The lowest BCUT2D eigenvalue weighted by atomic mass is 10.2. The van der Waals surface area contributed by atoms with Crippen molar-refractivity contribution in [2.24, 2.45) is 0 Å². The Bertz CT molecular complexity index is 463. The van der Waals surface area contributed by atoms with Crippen LogP contribution < -0.4 is 0 Å². The van der Waals surface area contributed by atoms with Gasteiger partial charge in [0.15, 0.2) is 0 Å². The van der Waals surface area contributed by atoms with E-state index in [1.807, 2.05) is 30.3 Å². The van der Waals surface area contributed by atoms with E-state index in [1.165, 1.54) is 0 Å². The van der Waals surface area contributed by atoms with E-state index in [0.717, 1.165) is 10.9 Å². The highest BCUT2D eigenvalue weighted by molar-refractivity contribution is 5.98. The van der Waals surface area contributed by atoms with Crippen LogP contribution in [0.15, 0.2) is 30.3 Å². The summed E-state index contributed by atoms with van der Waals surface area (Å²) in [6.45, 7) is 1.55. The fourth-order valence-electron chi connectivity index (χ4n) is 1.37. The number of rotatable bonds is 1. The molecule has 4 heteroatoms. The Morgan fingerprint density at radius 3 is 2.79 bits per heavy atom. The molecule has 0 fully saturated rings. The minimum atomic E-state index is -0.134. The topological polar surface area (TPSA) is 62.1 Å². The monoisotopic (exact) mass is 190 g/mol. The van der Waals surface area contributed by atoms with Crippen LogP contribution in [0.25, 0.3) is 10.9 Å². The molecule has 2 aromatic rings. The molecule has 0 radical (unpaired) electrons. The zero-order valence-electron chi connectivity index (χ0n) is 7.69. The number of hydrogen-bond donors (Lipinski definition) is 2. The van der Waals surface area contributed by atoms with Crippen LogP contribution in [0.1, 0.15) is 12.6 Å². The first-order valence-corrected chi connectivity index (χ1v) is 4.26. The molecule has 0 atom stereocenters. The van der Waals surface area contributed by atoms with Crippen molar-refractivity contribution in [1.82, 2.24) is 4.98 Å². The van der Waals surface area contributed by atoms with E-state index < -0.39 is 0 Å². The number of H-pyrrole nitrogens is 1. The second-order valence-corrected chi connectivity index (χ2v) is 3.13. The molecule has 0 saturated carbocycles. The van der Waals surface area contributed by atoms with Crippen molar-refractivity contribution in [2.45, 2.75) is 6.92 Å². The Morgan fingerprint density at radius 2 is 2.14 bits per heavy atom. The predicted octanol–water partition coefficient (Wildman–Crippen LogP) is 1.88. The standard InChI is InChI=1S/C10H10N2O2/c1-7(12(13)14)10-6-8-4-2-3-5-9(8)11-10/h2-6,11H,1H3,(H,13,14). The zero-order valence-corrected chi connectivity index (χ0v) is 7.69. The highest BCUT2D eigenvalue weighted by Crippen LogP contribution is 2.14. The lowest BCUT2D eigenvalue weighted by molar-refractivity contribution is -0.726. The smallest absolute Gasteiger partial charge is 0.264 e. The van der Waals surface area contributed by atoms with Crippen LogP contribution in [0.4, 0.5) is 0 Å². The van der Waals surface area contributed by atoms with Gasteiger partial charge in [-0.05, 0) is 12.1 Å². The molecule has 1 aromatic heterocycles. The van der Waals surface area contributed by atoms with Gasteiger partial charge in [0.2, 0.25) is 0 Å². The average Bonchev–Trinajstić information content (AvgIpc) is 2.59. The molecule has 0 aliphatic carbocycles. The highest BCUT2D eigenvalue weighted by Gasteiger charge is 2.10. The van der Waals surface area contributed by atoms with Gasteiger partial charge in [-0.25, -0.2) is 0 Å². The van der Waals surface area contributed by atoms with Gasteiger partial charge >= 0.3 is 0 Å². The summed E-state index contributed by atoms with van der Waals surface area (Å²) >= 11 is 0. The van der Waals surface area contributed by atoms with E-state index >= 15 is 0 Å². The first kappa shape index (κ1) is 8.62. The number of nitrogens with one attached hydrogen (secondary N) is 1. The number of fused-ring (bicyclic) bond motifs is 1. The van der Waals surface area contributed by atoms with Gasteiger partial charge in [0.25, 0.3) is 5.71 Å². The van der Waals surface area contributed by atoms with E-state index in [-0.39, 0.29) is 10.6 Å². The first-order chi connectivity index (χ1) is 6.68. The lowest BCUT2D eigenvalue weighted by Gasteiger charge is -1.91. The average molecular weight is 190 g/mol. The normalized spacial score (nSPS) is 12.9. The number of aromatic amines is 1. The SMILES string of the molecule is C/C(c1cc2ccccc2[nH]1)=[N+](\[O-])O. The summed E-state index contributed by atoms with van der Waals surface area (Å²) < 4.78 is 0. The quantitative estimate of drug-likeness (QED) is 0.312. The van der Waals surface area contributed by atoms with Gasteiger partial charge in [-0.15, -0.1) is 0 Å². The minimum Gasteiger partial charge on any atom is -0.417 e. The van der Waals surface area contributed by atoms with Gasteiger partial charge in [-0.1, -0.05) is 18.2 Å². The van der Waals surface area contributed by atoms with Gasteiger partial charge in [-0.2, -0.15) is 0 Å². The minimum absolute atomic E-state index is 0.134. The maximum absolute atomic E-state index is 10.6. The Labute approximate surface area is 80.7 Å². The molecular formula is C10H10N2O2. The van der Waals surface area contributed by atoms with Gasteiger partial charge in [-0.3, -0.25) is 5.21 Å². The van der Waals surface area contributed by atoms with Gasteiger partial charge in [0.1, 0.15) is 5.69 Å². The molecule has 0 spiro atoms. The van der Waals surface area contributed by atoms with Gasteiger partial charge in [0.05, 0.1) is 0 Å². The number of aromatic nitrogens is 1. The summed E-state index contributed by atoms with van der Waals surface area (Å²) in [6, 6.07) is 9.51. The molecule has 0 unspecified atom stereocenters. The van der Waals surface area contributed by atoms with Gasteiger partial charge < -0.3 is 10.2 Å². The Hall–Kier alpha value is -1.97. The maximum atomic E-state index is 10.6. The van der Waals surface area contributed by atoms with E-state index in [9.17, 15) is 5.21 Å². The molecule has 14 heavy (non-hydrogen) atoms. The summed E-state index contributed by atoms with van der Waals surface area (Å²) in [6.07, 6.45) is 0. The molecule has 2 rings (SSSR count). The molecule has 1 aromatic carbocycles. The van der Waals surface area contributed by atoms with Crippen molar-refractivity contribution < 1.29 is 10.1 Å². The van der Waals surface area contributed by atoms with Crippen LogP contribution >= 0.6 is 0 Å². The van der Waals surface area contributed by atoms with Crippen molar-refractivity contribution in [3.8, 4) is 0 Å². The van der Waals surface area contributed by atoms with Crippen molar-refractivity contribution in [3.05, 3.63) is 41.2 Å². The fourth-order valence-corrected chi connectivity index (χ4v) is 1.37. The molecule has 1 heterocycles. The Balaban J connectivity index is 2.61. The highest BCUT2D eigenvalue weighted by atomic mass is 16.8. The zero-order chi connectivity index (χ0) is 10.1. The van der Waals surface area contributed by atoms with Gasteiger partial charge in [0, 0.05) is 22.7 Å². The van der Waals surface area contributed by atoms with E-state index in [4.69, 9.17) is 5.21 Å². The molecule has 0 saturated heterocycles. The molecule has 72 valence electrons. The third-order valence-electron chi connectivity index (χ3n) is 2.21. The summed E-state index contributed by atoms with van der Waals surface area (Å²) in [7, 11) is 0.